The molecule has 0 radical (unpaired) electrons. The predicted octanol–water partition coefficient (Wildman–Crippen LogP) is -0.979. The average molecular weight is 366 g/mol. The molecule has 1 saturated heterocycles. The van der Waals surface area contributed by atoms with Crippen molar-refractivity contribution in [3.8, 4) is 6.07 Å². The highest BCUT2D eigenvalue weighted by Crippen LogP contribution is 2.29. The molecule has 2 aliphatic rings. The number of benzene rings is 1. The molecule has 2 aliphatic heterocycles. The van der Waals surface area contributed by atoms with Crippen LogP contribution in [0.2, 0.25) is 0 Å². The molecule has 0 amide bonds. The maximum Gasteiger partial charge on any atom is 0.240 e. The van der Waals surface area contributed by atoms with E-state index in [1.807, 2.05) is 18.2 Å². The van der Waals surface area contributed by atoms with E-state index in [2.05, 4.69) is 47.5 Å². The number of quaternary nitrogens is 2. The molecule has 0 aliphatic carbocycles. The first kappa shape index (κ1) is 17.8. The lowest BCUT2D eigenvalue weighted by atomic mass is 9.95. The van der Waals surface area contributed by atoms with Crippen LogP contribution < -0.4 is 25.0 Å². The van der Waals surface area contributed by atoms with Crippen LogP contribution in [0, 0.1) is 11.3 Å². The van der Waals surface area contributed by atoms with Gasteiger partial charge in [0, 0.05) is 6.42 Å². The van der Waals surface area contributed by atoms with Crippen molar-refractivity contribution in [2.24, 2.45) is 0 Å². The number of para-hydroxylation sites is 1. The summed E-state index contributed by atoms with van der Waals surface area (Å²) in [6, 6.07) is 12.8. The van der Waals surface area contributed by atoms with E-state index in [1.165, 1.54) is 16.0 Å². The summed E-state index contributed by atoms with van der Waals surface area (Å²) in [4.78, 5) is 9.00. The van der Waals surface area contributed by atoms with Gasteiger partial charge in [0.15, 0.2) is 0 Å². The molecule has 1 fully saturated rings. The van der Waals surface area contributed by atoms with Crippen LogP contribution in [0.3, 0.4) is 0 Å². The third-order valence-corrected chi connectivity index (χ3v) is 5.82. The van der Waals surface area contributed by atoms with Crippen LogP contribution in [0.4, 0.5) is 17.3 Å². The molecule has 4 N–H and O–H groups in total. The van der Waals surface area contributed by atoms with Crippen molar-refractivity contribution in [3.05, 3.63) is 47.0 Å². The number of likely N-dealkylation sites (N-methyl/N-ethyl adjacent to an activating group) is 2. The van der Waals surface area contributed by atoms with Crippen molar-refractivity contribution in [2.75, 3.05) is 57.0 Å². The lowest BCUT2D eigenvalue weighted by Gasteiger charge is -2.30. The number of nitriles is 1. The van der Waals surface area contributed by atoms with Crippen LogP contribution in [0.5, 0.6) is 0 Å². The Morgan fingerprint density at radius 2 is 1.78 bits per heavy atom. The molecule has 140 valence electrons. The van der Waals surface area contributed by atoms with Crippen molar-refractivity contribution in [3.63, 3.8) is 0 Å². The Kier molecular flexibility index (Phi) is 4.97. The van der Waals surface area contributed by atoms with Crippen LogP contribution in [-0.4, -0.2) is 46.8 Å². The van der Waals surface area contributed by atoms with Crippen LogP contribution in [0.15, 0.2) is 30.3 Å². The van der Waals surface area contributed by atoms with Crippen LogP contribution >= 0.6 is 0 Å². The van der Waals surface area contributed by atoms with Crippen LogP contribution in [-0.2, 0) is 13.0 Å². The summed E-state index contributed by atoms with van der Waals surface area (Å²) in [6.07, 6.45) is 0.953. The first-order valence-corrected chi connectivity index (χ1v) is 9.86. The molecule has 1 aromatic carbocycles. The summed E-state index contributed by atoms with van der Waals surface area (Å²) in [7, 11) is 4.46. The number of H-pyrrole nitrogens is 1. The maximum absolute atomic E-state index is 9.97. The molecule has 1 aromatic heterocycles. The Bertz CT molecular complexity index is 849. The summed E-state index contributed by atoms with van der Waals surface area (Å²) >= 11 is 0. The van der Waals surface area contributed by atoms with E-state index in [1.54, 1.807) is 4.90 Å². The standard InChI is InChI=1S/C21H26N6/c1-25-10-12-27(13-11-25)21-18(14-22)17-8-9-26(2)15-19(17)20(24-21)23-16-6-4-3-5-7-16/h3-7H,8-13,15H2,1-2H3,(H,23,24)/p+3. The van der Waals surface area contributed by atoms with Gasteiger partial charge in [-0.2, -0.15) is 5.26 Å². The number of nitrogens with zero attached hydrogens (tertiary/aromatic N) is 2. The number of piperazine rings is 1. The highest BCUT2D eigenvalue weighted by atomic mass is 15.3. The fourth-order valence-electron chi connectivity index (χ4n) is 4.14. The van der Waals surface area contributed by atoms with Gasteiger partial charge in [0.1, 0.15) is 44.4 Å². The number of pyridine rings is 1. The number of aromatic nitrogens is 1. The third kappa shape index (κ3) is 3.61. The van der Waals surface area contributed by atoms with Gasteiger partial charge in [-0.3, -0.25) is 10.2 Å². The molecule has 0 saturated carbocycles. The van der Waals surface area contributed by atoms with Gasteiger partial charge < -0.3 is 9.80 Å². The van der Waals surface area contributed by atoms with E-state index in [-0.39, 0.29) is 0 Å². The second-order valence-corrected chi connectivity index (χ2v) is 7.86. The van der Waals surface area contributed by atoms with E-state index in [0.29, 0.717) is 0 Å². The van der Waals surface area contributed by atoms with Gasteiger partial charge in [-0.05, 0) is 17.7 Å². The molecular formula is C21H29N6+3. The summed E-state index contributed by atoms with van der Waals surface area (Å²) in [6.45, 7) is 6.16. The van der Waals surface area contributed by atoms with Crippen molar-refractivity contribution < 1.29 is 14.8 Å². The van der Waals surface area contributed by atoms with Crippen LogP contribution in [0.25, 0.3) is 0 Å². The summed E-state index contributed by atoms with van der Waals surface area (Å²) < 4.78 is 0. The van der Waals surface area contributed by atoms with E-state index < -0.39 is 0 Å². The zero-order chi connectivity index (χ0) is 18.8. The van der Waals surface area contributed by atoms with Gasteiger partial charge in [-0.15, -0.1) is 0 Å². The fraction of sp³-hybridized carbons (Fsp3) is 0.429. The summed E-state index contributed by atoms with van der Waals surface area (Å²) in [5, 5.41) is 13.6. The van der Waals surface area contributed by atoms with Gasteiger partial charge >= 0.3 is 0 Å². The minimum Gasteiger partial charge on any atom is -0.333 e. The lowest BCUT2D eigenvalue weighted by Crippen LogP contribution is -3.12. The summed E-state index contributed by atoms with van der Waals surface area (Å²) in [5.74, 6) is 2.03. The molecule has 1 atom stereocenters. The highest BCUT2D eigenvalue weighted by molar-refractivity contribution is 5.65. The monoisotopic (exact) mass is 365 g/mol. The number of hydrogen-bond donors (Lipinski definition) is 3. The molecule has 6 nitrogen and oxygen atoms in total. The Balaban J connectivity index is 1.79. The first-order chi connectivity index (χ1) is 13.2. The quantitative estimate of drug-likeness (QED) is 0.655. The first-order valence-electron chi connectivity index (χ1n) is 9.86. The van der Waals surface area contributed by atoms with E-state index in [9.17, 15) is 5.26 Å². The predicted molar refractivity (Wildman–Crippen MR) is 105 cm³/mol. The minimum atomic E-state index is 0.843. The molecular weight excluding hydrogens is 336 g/mol. The molecule has 2 aromatic rings. The van der Waals surface area contributed by atoms with Gasteiger partial charge in [0.2, 0.25) is 11.6 Å². The Morgan fingerprint density at radius 3 is 2.48 bits per heavy atom. The fourth-order valence-corrected chi connectivity index (χ4v) is 4.14. The van der Waals surface area contributed by atoms with Crippen molar-refractivity contribution >= 4 is 17.3 Å². The number of hydrogen-bond acceptors (Lipinski definition) is 3. The number of aromatic amines is 1. The van der Waals surface area contributed by atoms with Gasteiger partial charge in [0.25, 0.3) is 0 Å². The van der Waals surface area contributed by atoms with Crippen molar-refractivity contribution in [2.45, 2.75) is 13.0 Å². The van der Waals surface area contributed by atoms with Gasteiger partial charge in [-0.25, -0.2) is 4.98 Å². The number of rotatable bonds is 3. The minimum absolute atomic E-state index is 0.843. The van der Waals surface area contributed by atoms with E-state index in [4.69, 9.17) is 0 Å². The van der Waals surface area contributed by atoms with Gasteiger partial charge in [0.05, 0.1) is 31.9 Å². The summed E-state index contributed by atoms with van der Waals surface area (Å²) in [5.41, 5.74) is 4.39. The SMILES string of the molecule is C[NH+]1CCN(c2[nH+]c(Nc3ccccc3)c3c(c2C#N)CC[NH+](C)C3)CC1. The molecule has 0 spiro atoms. The number of anilines is 3. The molecule has 1 unspecified atom stereocenters. The second-order valence-electron chi connectivity index (χ2n) is 7.86. The zero-order valence-electron chi connectivity index (χ0n) is 16.2. The normalized spacial score (nSPS) is 20.0. The third-order valence-electron chi connectivity index (χ3n) is 5.82. The Labute approximate surface area is 161 Å². The number of fused-ring (bicyclic) bond motifs is 1. The van der Waals surface area contributed by atoms with E-state index >= 15 is 0 Å². The molecule has 6 heteroatoms. The molecule has 3 heterocycles. The topological polar surface area (TPSA) is 62.1 Å². The smallest absolute Gasteiger partial charge is 0.240 e. The molecule has 27 heavy (non-hydrogen) atoms. The highest BCUT2D eigenvalue weighted by Gasteiger charge is 2.33. The molecule has 0 bridgehead atoms. The Morgan fingerprint density at radius 1 is 1.04 bits per heavy atom. The van der Waals surface area contributed by atoms with Gasteiger partial charge in [-0.1, -0.05) is 18.2 Å². The second kappa shape index (κ2) is 7.55. The molecule has 4 rings (SSSR count). The number of nitrogens with one attached hydrogen (secondary N) is 4. The maximum atomic E-state index is 9.97. The Hall–Kier alpha value is -2.62. The average Bonchev–Trinajstić information content (AvgIpc) is 2.69. The van der Waals surface area contributed by atoms with Crippen molar-refractivity contribution in [1.29, 1.82) is 5.26 Å². The van der Waals surface area contributed by atoms with E-state index in [0.717, 1.165) is 68.6 Å². The largest absolute Gasteiger partial charge is 0.333 e. The lowest BCUT2D eigenvalue weighted by molar-refractivity contribution is -0.895. The van der Waals surface area contributed by atoms with Crippen LogP contribution in [0.1, 0.15) is 16.7 Å². The zero-order valence-corrected chi connectivity index (χ0v) is 16.2. The van der Waals surface area contributed by atoms with Crippen molar-refractivity contribution in [1.82, 2.24) is 0 Å².